The van der Waals surface area contributed by atoms with Crippen molar-refractivity contribution >= 4 is 11.6 Å². The smallest absolute Gasteiger partial charge is 0.161 e. The summed E-state index contributed by atoms with van der Waals surface area (Å²) in [5, 5.41) is 0.702. The van der Waals surface area contributed by atoms with E-state index in [0.29, 0.717) is 18.2 Å². The molecule has 4 heteroatoms. The summed E-state index contributed by atoms with van der Waals surface area (Å²) in [6, 6.07) is 11.4. The fraction of sp³-hybridized carbons (Fsp3) is 0.250. The van der Waals surface area contributed by atoms with Gasteiger partial charge in [-0.2, -0.15) is 0 Å². The molecule has 0 aromatic heterocycles. The van der Waals surface area contributed by atoms with E-state index in [-0.39, 0.29) is 6.04 Å². The molecule has 1 aliphatic heterocycles. The van der Waals surface area contributed by atoms with Crippen molar-refractivity contribution in [3.05, 3.63) is 58.1 Å². The number of halogens is 1. The highest BCUT2D eigenvalue weighted by Gasteiger charge is 2.16. The Morgan fingerprint density at radius 2 is 1.75 bits per heavy atom. The van der Waals surface area contributed by atoms with E-state index < -0.39 is 0 Å². The molecule has 3 nitrogen and oxygen atoms in total. The molecule has 0 radical (unpaired) electrons. The van der Waals surface area contributed by atoms with E-state index in [4.69, 9.17) is 26.8 Å². The Morgan fingerprint density at radius 1 is 1.00 bits per heavy atom. The molecule has 1 aliphatic rings. The monoisotopic (exact) mass is 289 g/mol. The summed E-state index contributed by atoms with van der Waals surface area (Å²) in [7, 11) is 0. The lowest BCUT2D eigenvalue weighted by molar-refractivity contribution is 0.171. The van der Waals surface area contributed by atoms with Crippen molar-refractivity contribution in [3.8, 4) is 11.5 Å². The molecule has 20 heavy (non-hydrogen) atoms. The van der Waals surface area contributed by atoms with Crippen LogP contribution in [0.25, 0.3) is 0 Å². The van der Waals surface area contributed by atoms with Crippen LogP contribution < -0.4 is 15.2 Å². The molecule has 1 atom stereocenters. The van der Waals surface area contributed by atoms with Crippen molar-refractivity contribution in [3.63, 3.8) is 0 Å². The highest BCUT2D eigenvalue weighted by molar-refractivity contribution is 6.30. The van der Waals surface area contributed by atoms with Crippen molar-refractivity contribution in [2.75, 3.05) is 13.2 Å². The molecule has 2 aromatic rings. The lowest BCUT2D eigenvalue weighted by Gasteiger charge is -2.21. The van der Waals surface area contributed by atoms with Gasteiger partial charge < -0.3 is 15.2 Å². The first-order valence-electron chi connectivity index (χ1n) is 6.56. The van der Waals surface area contributed by atoms with Gasteiger partial charge in [0.25, 0.3) is 0 Å². The SMILES string of the molecule is Cc1cc(Cl)cc(C(N)c2ccc3c(c2)OCCO3)c1. The van der Waals surface area contributed by atoms with Gasteiger partial charge in [-0.3, -0.25) is 0 Å². The second kappa shape index (κ2) is 5.35. The highest BCUT2D eigenvalue weighted by Crippen LogP contribution is 2.34. The van der Waals surface area contributed by atoms with Gasteiger partial charge in [0.2, 0.25) is 0 Å². The zero-order valence-electron chi connectivity index (χ0n) is 11.2. The van der Waals surface area contributed by atoms with E-state index in [1.54, 1.807) is 0 Å². The summed E-state index contributed by atoms with van der Waals surface area (Å²) in [4.78, 5) is 0. The highest BCUT2D eigenvalue weighted by atomic mass is 35.5. The van der Waals surface area contributed by atoms with Gasteiger partial charge in [-0.25, -0.2) is 0 Å². The number of benzene rings is 2. The number of rotatable bonds is 2. The standard InChI is InChI=1S/C16H16ClNO2/c1-10-6-12(8-13(17)7-10)16(18)11-2-3-14-15(9-11)20-5-4-19-14/h2-3,6-9,16H,4-5,18H2,1H3. The molecule has 1 heterocycles. The summed E-state index contributed by atoms with van der Waals surface area (Å²) >= 11 is 6.10. The molecule has 104 valence electrons. The zero-order valence-corrected chi connectivity index (χ0v) is 12.0. The molecule has 0 aliphatic carbocycles. The molecule has 0 saturated carbocycles. The maximum Gasteiger partial charge on any atom is 0.161 e. The van der Waals surface area contributed by atoms with Crippen LogP contribution in [0.4, 0.5) is 0 Å². The Hall–Kier alpha value is -1.71. The molecule has 3 rings (SSSR count). The number of ether oxygens (including phenoxy) is 2. The van der Waals surface area contributed by atoms with Crippen molar-refractivity contribution < 1.29 is 9.47 Å². The largest absolute Gasteiger partial charge is 0.486 e. The first kappa shape index (κ1) is 13.3. The Labute approximate surface area is 123 Å². The third-order valence-electron chi connectivity index (χ3n) is 3.35. The lowest BCUT2D eigenvalue weighted by Crippen LogP contribution is -2.17. The second-order valence-electron chi connectivity index (χ2n) is 4.94. The van der Waals surface area contributed by atoms with Gasteiger partial charge in [0, 0.05) is 5.02 Å². The average molecular weight is 290 g/mol. The lowest BCUT2D eigenvalue weighted by atomic mass is 9.98. The summed E-state index contributed by atoms with van der Waals surface area (Å²) in [5.74, 6) is 1.53. The van der Waals surface area contributed by atoms with E-state index >= 15 is 0 Å². The van der Waals surface area contributed by atoms with Crippen molar-refractivity contribution in [2.24, 2.45) is 5.73 Å². The van der Waals surface area contributed by atoms with E-state index in [0.717, 1.165) is 28.2 Å². The minimum absolute atomic E-state index is 0.233. The van der Waals surface area contributed by atoms with Crippen molar-refractivity contribution in [1.29, 1.82) is 0 Å². The molecular weight excluding hydrogens is 274 g/mol. The third-order valence-corrected chi connectivity index (χ3v) is 3.57. The van der Waals surface area contributed by atoms with Gasteiger partial charge >= 0.3 is 0 Å². The number of aryl methyl sites for hydroxylation is 1. The first-order valence-corrected chi connectivity index (χ1v) is 6.93. The molecule has 0 amide bonds. The van der Waals surface area contributed by atoms with Gasteiger partial charge in [0.1, 0.15) is 13.2 Å². The number of fused-ring (bicyclic) bond motifs is 1. The molecular formula is C16H16ClNO2. The van der Waals surface area contributed by atoms with Gasteiger partial charge in [-0.05, 0) is 47.9 Å². The number of hydrogen-bond donors (Lipinski definition) is 1. The third kappa shape index (κ3) is 2.60. The second-order valence-corrected chi connectivity index (χ2v) is 5.38. The van der Waals surface area contributed by atoms with Crippen LogP contribution >= 0.6 is 11.6 Å². The van der Waals surface area contributed by atoms with Gasteiger partial charge in [-0.1, -0.05) is 23.7 Å². The molecule has 2 aromatic carbocycles. The fourth-order valence-electron chi connectivity index (χ4n) is 2.39. The van der Waals surface area contributed by atoms with Crippen LogP contribution in [0.2, 0.25) is 5.02 Å². The summed E-state index contributed by atoms with van der Waals surface area (Å²) in [6.45, 7) is 3.17. The number of hydrogen-bond acceptors (Lipinski definition) is 3. The van der Waals surface area contributed by atoms with Crippen LogP contribution in [0.5, 0.6) is 11.5 Å². The van der Waals surface area contributed by atoms with Crippen molar-refractivity contribution in [2.45, 2.75) is 13.0 Å². The van der Waals surface area contributed by atoms with Crippen molar-refractivity contribution in [1.82, 2.24) is 0 Å². The quantitative estimate of drug-likeness (QED) is 0.921. The Kier molecular flexibility index (Phi) is 3.55. The minimum atomic E-state index is -0.233. The summed E-state index contributed by atoms with van der Waals surface area (Å²) in [5.41, 5.74) is 9.40. The topological polar surface area (TPSA) is 44.5 Å². The maximum atomic E-state index is 6.33. The fourth-order valence-corrected chi connectivity index (χ4v) is 2.69. The normalized spacial score (nSPS) is 14.9. The molecule has 0 bridgehead atoms. The molecule has 0 spiro atoms. The van der Waals surface area contributed by atoms with Crippen LogP contribution in [0, 0.1) is 6.92 Å². The number of nitrogens with two attached hydrogens (primary N) is 1. The predicted molar refractivity (Wildman–Crippen MR) is 79.7 cm³/mol. The molecule has 2 N–H and O–H groups in total. The Bertz CT molecular complexity index is 622. The van der Waals surface area contributed by atoms with E-state index in [9.17, 15) is 0 Å². The Balaban J connectivity index is 1.95. The first-order chi connectivity index (χ1) is 9.63. The summed E-state index contributed by atoms with van der Waals surface area (Å²) < 4.78 is 11.1. The van der Waals surface area contributed by atoms with E-state index in [2.05, 4.69) is 0 Å². The molecule has 0 fully saturated rings. The average Bonchev–Trinajstić information content (AvgIpc) is 2.45. The van der Waals surface area contributed by atoms with Crippen LogP contribution in [0.3, 0.4) is 0 Å². The van der Waals surface area contributed by atoms with Crippen LogP contribution in [0.1, 0.15) is 22.7 Å². The van der Waals surface area contributed by atoms with Gasteiger partial charge in [0.15, 0.2) is 11.5 Å². The van der Waals surface area contributed by atoms with Crippen LogP contribution in [-0.4, -0.2) is 13.2 Å². The van der Waals surface area contributed by atoms with Crippen LogP contribution in [-0.2, 0) is 0 Å². The zero-order chi connectivity index (χ0) is 14.1. The minimum Gasteiger partial charge on any atom is -0.486 e. The predicted octanol–water partition coefficient (Wildman–Crippen LogP) is 3.47. The molecule has 0 saturated heterocycles. The van der Waals surface area contributed by atoms with E-state index in [1.165, 1.54) is 0 Å². The van der Waals surface area contributed by atoms with Gasteiger partial charge in [0.05, 0.1) is 6.04 Å². The van der Waals surface area contributed by atoms with E-state index in [1.807, 2.05) is 43.3 Å². The molecule has 1 unspecified atom stereocenters. The summed E-state index contributed by atoms with van der Waals surface area (Å²) in [6.07, 6.45) is 0. The van der Waals surface area contributed by atoms with Crippen LogP contribution in [0.15, 0.2) is 36.4 Å². The Morgan fingerprint density at radius 3 is 2.50 bits per heavy atom. The van der Waals surface area contributed by atoms with Gasteiger partial charge in [-0.15, -0.1) is 0 Å². The maximum absolute atomic E-state index is 6.33.